The molecule has 2 N–H and O–H groups in total. The Labute approximate surface area is 188 Å². The molecular formula is C23H20N4O2S2. The van der Waals surface area contributed by atoms with Crippen LogP contribution in [0.4, 0.5) is 5.13 Å². The first-order chi connectivity index (χ1) is 15.2. The summed E-state index contributed by atoms with van der Waals surface area (Å²) in [6.45, 7) is 0.492. The number of aromatic nitrogens is 2. The maximum atomic E-state index is 12.5. The molecule has 0 fully saturated rings. The highest BCUT2D eigenvalue weighted by Gasteiger charge is 2.12. The van der Waals surface area contributed by atoms with Crippen LogP contribution in [0.3, 0.4) is 0 Å². The minimum Gasteiger partial charge on any atom is -0.351 e. The summed E-state index contributed by atoms with van der Waals surface area (Å²) in [5, 5.41) is 16.3. The Morgan fingerprint density at radius 3 is 2.52 bits per heavy atom. The Bertz CT molecular complexity index is 1190. The van der Waals surface area contributed by atoms with Crippen LogP contribution < -0.4 is 10.6 Å². The van der Waals surface area contributed by atoms with Crippen LogP contribution in [0.2, 0.25) is 0 Å². The van der Waals surface area contributed by atoms with Gasteiger partial charge in [-0.25, -0.2) is 0 Å². The largest absolute Gasteiger partial charge is 0.351 e. The fourth-order valence-electron chi connectivity index (χ4n) is 3.08. The molecule has 2 amide bonds. The molecule has 31 heavy (non-hydrogen) atoms. The zero-order valence-corrected chi connectivity index (χ0v) is 18.2. The number of carbonyl (C=O) groups excluding carboxylic acids is 2. The standard InChI is InChI=1S/C23H20N4O2S2/c28-20(13-18-11-6-10-17-9-4-5-12-19(17)18)25-22-26-27-23(31-22)30-15-21(29)24-14-16-7-2-1-3-8-16/h1-12H,13-15H2,(H,24,29)(H,25,26,28). The fourth-order valence-corrected chi connectivity index (χ4v) is 4.67. The van der Waals surface area contributed by atoms with Crippen molar-refractivity contribution < 1.29 is 9.59 Å². The second-order valence-electron chi connectivity index (χ2n) is 6.79. The molecule has 0 aliphatic heterocycles. The molecule has 0 aliphatic carbocycles. The fraction of sp³-hybridized carbons (Fsp3) is 0.130. The lowest BCUT2D eigenvalue weighted by molar-refractivity contribution is -0.118. The third-order valence-corrected chi connectivity index (χ3v) is 6.52. The van der Waals surface area contributed by atoms with Crippen molar-refractivity contribution >= 4 is 50.8 Å². The summed E-state index contributed by atoms with van der Waals surface area (Å²) < 4.78 is 0.635. The molecule has 0 spiro atoms. The van der Waals surface area contributed by atoms with Crippen LogP contribution in [0.5, 0.6) is 0 Å². The lowest BCUT2D eigenvalue weighted by Gasteiger charge is -2.06. The Morgan fingerprint density at radius 1 is 0.871 bits per heavy atom. The summed E-state index contributed by atoms with van der Waals surface area (Å²) >= 11 is 2.56. The van der Waals surface area contributed by atoms with E-state index < -0.39 is 0 Å². The van der Waals surface area contributed by atoms with Gasteiger partial charge in [-0.1, -0.05) is 95.9 Å². The molecule has 0 saturated heterocycles. The van der Waals surface area contributed by atoms with Crippen molar-refractivity contribution in [2.24, 2.45) is 0 Å². The number of anilines is 1. The molecule has 0 bridgehead atoms. The van der Waals surface area contributed by atoms with Crippen LogP contribution in [0.1, 0.15) is 11.1 Å². The molecule has 156 valence electrons. The van der Waals surface area contributed by atoms with Crippen LogP contribution in [0.15, 0.2) is 77.1 Å². The number of thioether (sulfide) groups is 1. The van der Waals surface area contributed by atoms with Gasteiger partial charge in [-0.05, 0) is 21.9 Å². The predicted molar refractivity (Wildman–Crippen MR) is 125 cm³/mol. The number of carbonyl (C=O) groups is 2. The Morgan fingerprint density at radius 2 is 1.65 bits per heavy atom. The van der Waals surface area contributed by atoms with Crippen molar-refractivity contribution in [1.29, 1.82) is 0 Å². The topological polar surface area (TPSA) is 84.0 Å². The average Bonchev–Trinajstić information content (AvgIpc) is 3.24. The molecule has 4 aromatic rings. The average molecular weight is 449 g/mol. The minimum absolute atomic E-state index is 0.0782. The second-order valence-corrected chi connectivity index (χ2v) is 8.99. The molecule has 3 aromatic carbocycles. The van der Waals surface area contributed by atoms with Gasteiger partial charge >= 0.3 is 0 Å². The van der Waals surface area contributed by atoms with Gasteiger partial charge in [-0.2, -0.15) is 0 Å². The molecule has 8 heteroatoms. The summed E-state index contributed by atoms with van der Waals surface area (Å²) in [4.78, 5) is 24.5. The van der Waals surface area contributed by atoms with Gasteiger partial charge in [0.15, 0.2) is 4.34 Å². The van der Waals surface area contributed by atoms with Crippen molar-refractivity contribution in [1.82, 2.24) is 15.5 Å². The van der Waals surface area contributed by atoms with E-state index in [0.29, 0.717) is 16.0 Å². The highest BCUT2D eigenvalue weighted by Crippen LogP contribution is 2.26. The molecule has 4 rings (SSSR count). The number of nitrogens with one attached hydrogen (secondary N) is 2. The zero-order valence-electron chi connectivity index (χ0n) is 16.6. The van der Waals surface area contributed by atoms with E-state index in [-0.39, 0.29) is 24.0 Å². The molecule has 1 aromatic heterocycles. The monoisotopic (exact) mass is 448 g/mol. The highest BCUT2D eigenvalue weighted by molar-refractivity contribution is 8.01. The summed E-state index contributed by atoms with van der Waals surface area (Å²) in [5.74, 6) is 0.0149. The van der Waals surface area contributed by atoms with Crippen molar-refractivity contribution in [2.75, 3.05) is 11.1 Å². The van der Waals surface area contributed by atoms with Gasteiger partial charge in [0.1, 0.15) is 0 Å². The number of fused-ring (bicyclic) bond motifs is 1. The summed E-state index contributed by atoms with van der Waals surface area (Å²) in [7, 11) is 0. The van der Waals surface area contributed by atoms with E-state index in [1.807, 2.05) is 72.8 Å². The van der Waals surface area contributed by atoms with Gasteiger partial charge in [0, 0.05) is 6.54 Å². The molecule has 0 atom stereocenters. The lowest BCUT2D eigenvalue weighted by Crippen LogP contribution is -2.24. The van der Waals surface area contributed by atoms with Gasteiger partial charge in [0.05, 0.1) is 12.2 Å². The summed E-state index contributed by atoms with van der Waals surface area (Å²) in [5.41, 5.74) is 2.01. The van der Waals surface area contributed by atoms with Gasteiger partial charge < -0.3 is 10.6 Å². The molecule has 0 radical (unpaired) electrons. The van der Waals surface area contributed by atoms with Crippen LogP contribution in [0, 0.1) is 0 Å². The van der Waals surface area contributed by atoms with Crippen molar-refractivity contribution in [3.63, 3.8) is 0 Å². The van der Waals surface area contributed by atoms with Crippen LogP contribution in [-0.2, 0) is 22.6 Å². The van der Waals surface area contributed by atoms with E-state index in [0.717, 1.165) is 21.9 Å². The van der Waals surface area contributed by atoms with Crippen LogP contribution >= 0.6 is 23.1 Å². The van der Waals surface area contributed by atoms with Gasteiger partial charge in [-0.3, -0.25) is 9.59 Å². The number of nitrogens with zero attached hydrogens (tertiary/aromatic N) is 2. The van der Waals surface area contributed by atoms with Gasteiger partial charge in [-0.15, -0.1) is 10.2 Å². The molecule has 0 unspecified atom stereocenters. The minimum atomic E-state index is -0.148. The van der Waals surface area contributed by atoms with Crippen molar-refractivity contribution in [2.45, 2.75) is 17.3 Å². The highest BCUT2D eigenvalue weighted by atomic mass is 32.2. The van der Waals surface area contributed by atoms with Crippen molar-refractivity contribution in [3.8, 4) is 0 Å². The van der Waals surface area contributed by atoms with E-state index in [1.165, 1.54) is 23.1 Å². The number of amides is 2. The second kappa shape index (κ2) is 10.2. The number of hydrogen-bond acceptors (Lipinski definition) is 6. The normalized spacial score (nSPS) is 10.7. The smallest absolute Gasteiger partial charge is 0.230 e. The first-order valence-corrected chi connectivity index (χ1v) is 11.5. The summed E-state index contributed by atoms with van der Waals surface area (Å²) in [6.07, 6.45) is 0.255. The third-order valence-electron chi connectivity index (χ3n) is 4.54. The predicted octanol–water partition coefficient (Wildman–Crippen LogP) is 4.28. The molecule has 0 saturated carbocycles. The lowest BCUT2D eigenvalue weighted by atomic mass is 10.0. The SMILES string of the molecule is O=C(CSc1nnc(NC(=O)Cc2cccc3ccccc23)s1)NCc1ccccc1. The van der Waals surface area contributed by atoms with E-state index in [1.54, 1.807) is 0 Å². The quantitative estimate of drug-likeness (QED) is 0.310. The summed E-state index contributed by atoms with van der Waals surface area (Å²) in [6, 6.07) is 23.7. The van der Waals surface area contributed by atoms with E-state index in [9.17, 15) is 9.59 Å². The molecule has 0 aliphatic rings. The van der Waals surface area contributed by atoms with E-state index >= 15 is 0 Å². The molecule has 6 nitrogen and oxygen atoms in total. The van der Waals surface area contributed by atoms with E-state index in [4.69, 9.17) is 0 Å². The maximum absolute atomic E-state index is 12.5. The van der Waals surface area contributed by atoms with Gasteiger partial charge in [0.25, 0.3) is 0 Å². The Hall–Kier alpha value is -3.23. The van der Waals surface area contributed by atoms with E-state index in [2.05, 4.69) is 20.8 Å². The number of hydrogen-bond donors (Lipinski definition) is 2. The molecular weight excluding hydrogens is 428 g/mol. The number of rotatable bonds is 8. The van der Waals surface area contributed by atoms with Crippen LogP contribution in [0.25, 0.3) is 10.8 Å². The van der Waals surface area contributed by atoms with Crippen LogP contribution in [-0.4, -0.2) is 27.8 Å². The Kier molecular flexibility index (Phi) is 6.91. The Balaban J connectivity index is 1.26. The maximum Gasteiger partial charge on any atom is 0.230 e. The van der Waals surface area contributed by atoms with Gasteiger partial charge in [0.2, 0.25) is 16.9 Å². The molecule has 1 heterocycles. The first-order valence-electron chi connectivity index (χ1n) is 9.71. The number of benzene rings is 3. The zero-order chi connectivity index (χ0) is 21.5. The third kappa shape index (κ3) is 5.90. The first kappa shape index (κ1) is 21.0. The van der Waals surface area contributed by atoms with Crippen molar-refractivity contribution in [3.05, 3.63) is 83.9 Å².